The van der Waals surface area contributed by atoms with Gasteiger partial charge in [0.1, 0.15) is 9.71 Å². The number of amides is 1. The number of carbonyl (C=O) groups is 1. The molecule has 0 atom stereocenters. The number of thiophene rings is 1. The van der Waals surface area contributed by atoms with Gasteiger partial charge in [-0.25, -0.2) is 0 Å². The van der Waals surface area contributed by atoms with Gasteiger partial charge in [0.25, 0.3) is 11.5 Å². The van der Waals surface area contributed by atoms with Gasteiger partial charge in [0.05, 0.1) is 11.4 Å². The minimum absolute atomic E-state index is 0.0115. The Balaban J connectivity index is 1.65. The molecule has 4 aromatic rings. The first-order chi connectivity index (χ1) is 16.2. The van der Waals surface area contributed by atoms with Crippen LogP contribution in [0.3, 0.4) is 0 Å². The molecule has 2 aromatic carbocycles. The van der Waals surface area contributed by atoms with E-state index < -0.39 is 0 Å². The lowest BCUT2D eigenvalue weighted by atomic mass is 10.2. The minimum atomic E-state index is -0.114. The summed E-state index contributed by atoms with van der Waals surface area (Å²) in [4.78, 5) is 32.3. The molecule has 3 heterocycles. The molecule has 0 bridgehead atoms. The standard InChI is InChI=1S/C26H26N4O2S/c1-2-28-15-17-29(18-16-28)25(32)24-23(27-19-9-5-3-6-10-19)21-13-14-22(31)30(26(21)33-24)20-11-7-4-8-12-20/h3-14,27H,2,15-18H2,1H3. The number of anilines is 2. The van der Waals surface area contributed by atoms with Gasteiger partial charge in [0, 0.05) is 43.3 Å². The summed E-state index contributed by atoms with van der Waals surface area (Å²) in [6.07, 6.45) is 0. The van der Waals surface area contributed by atoms with E-state index in [4.69, 9.17) is 0 Å². The van der Waals surface area contributed by atoms with Crippen LogP contribution in [0.2, 0.25) is 0 Å². The van der Waals surface area contributed by atoms with Gasteiger partial charge in [0.15, 0.2) is 0 Å². The Hall–Kier alpha value is -3.42. The number of nitrogens with zero attached hydrogens (tertiary/aromatic N) is 3. The summed E-state index contributed by atoms with van der Waals surface area (Å²) >= 11 is 1.38. The second-order valence-corrected chi connectivity index (χ2v) is 9.08. The number of aromatic nitrogens is 1. The van der Waals surface area contributed by atoms with Crippen molar-refractivity contribution in [2.45, 2.75) is 6.92 Å². The lowest BCUT2D eigenvalue weighted by Gasteiger charge is -2.34. The Labute approximate surface area is 196 Å². The molecule has 0 spiro atoms. The van der Waals surface area contributed by atoms with Crippen LogP contribution < -0.4 is 10.9 Å². The van der Waals surface area contributed by atoms with Crippen LogP contribution >= 0.6 is 11.3 Å². The Morgan fingerprint density at radius 3 is 2.24 bits per heavy atom. The number of likely N-dealkylation sites (N-methyl/N-ethyl adjacent to an activating group) is 1. The van der Waals surface area contributed by atoms with E-state index >= 15 is 0 Å². The molecule has 1 aliphatic heterocycles. The fraction of sp³-hybridized carbons (Fsp3) is 0.231. The van der Waals surface area contributed by atoms with Crippen LogP contribution in [-0.2, 0) is 0 Å². The van der Waals surface area contributed by atoms with E-state index in [1.54, 1.807) is 10.6 Å². The van der Waals surface area contributed by atoms with E-state index in [1.807, 2.05) is 71.6 Å². The molecule has 7 heteroatoms. The van der Waals surface area contributed by atoms with Gasteiger partial charge in [-0.05, 0) is 36.9 Å². The second kappa shape index (κ2) is 9.21. The van der Waals surface area contributed by atoms with Gasteiger partial charge in [-0.2, -0.15) is 0 Å². The molecule has 168 valence electrons. The third-order valence-electron chi connectivity index (χ3n) is 6.10. The fourth-order valence-electron chi connectivity index (χ4n) is 4.25. The van der Waals surface area contributed by atoms with Crippen molar-refractivity contribution in [2.24, 2.45) is 0 Å². The predicted molar refractivity (Wildman–Crippen MR) is 135 cm³/mol. The summed E-state index contributed by atoms with van der Waals surface area (Å²) in [6.45, 7) is 6.31. The van der Waals surface area contributed by atoms with Crippen LogP contribution in [0.15, 0.2) is 77.6 Å². The van der Waals surface area contributed by atoms with Crippen LogP contribution in [0.25, 0.3) is 15.9 Å². The average molecular weight is 459 g/mol. The van der Waals surface area contributed by atoms with E-state index in [2.05, 4.69) is 17.1 Å². The number of rotatable bonds is 5. The quantitative estimate of drug-likeness (QED) is 0.476. The summed E-state index contributed by atoms with van der Waals surface area (Å²) in [5, 5.41) is 4.33. The summed E-state index contributed by atoms with van der Waals surface area (Å²) in [6, 6.07) is 22.8. The van der Waals surface area contributed by atoms with Crippen molar-refractivity contribution < 1.29 is 4.79 Å². The zero-order valence-electron chi connectivity index (χ0n) is 18.5. The first kappa shape index (κ1) is 21.4. The van der Waals surface area contributed by atoms with Gasteiger partial charge in [0.2, 0.25) is 0 Å². The first-order valence-electron chi connectivity index (χ1n) is 11.2. The lowest BCUT2D eigenvalue weighted by molar-refractivity contribution is 0.0649. The Morgan fingerprint density at radius 1 is 0.909 bits per heavy atom. The van der Waals surface area contributed by atoms with Crippen molar-refractivity contribution in [2.75, 3.05) is 38.0 Å². The number of nitrogens with one attached hydrogen (secondary N) is 1. The van der Waals surface area contributed by atoms with Crippen LogP contribution in [0, 0.1) is 0 Å². The molecule has 1 amide bonds. The normalized spacial score (nSPS) is 14.5. The van der Waals surface area contributed by atoms with Crippen molar-refractivity contribution in [1.82, 2.24) is 14.4 Å². The maximum Gasteiger partial charge on any atom is 0.266 e. The van der Waals surface area contributed by atoms with Gasteiger partial charge in [-0.15, -0.1) is 11.3 Å². The third-order valence-corrected chi connectivity index (χ3v) is 7.28. The number of fused-ring (bicyclic) bond motifs is 1. The number of piperazine rings is 1. The Morgan fingerprint density at radius 2 is 1.58 bits per heavy atom. The van der Waals surface area contributed by atoms with E-state index in [1.165, 1.54) is 11.3 Å². The molecule has 1 saturated heterocycles. The average Bonchev–Trinajstić information content (AvgIpc) is 3.22. The summed E-state index contributed by atoms with van der Waals surface area (Å²) in [5.74, 6) is 0.0115. The maximum absolute atomic E-state index is 13.7. The highest BCUT2D eigenvalue weighted by Crippen LogP contribution is 2.38. The van der Waals surface area contributed by atoms with E-state index in [9.17, 15) is 9.59 Å². The lowest BCUT2D eigenvalue weighted by Crippen LogP contribution is -2.48. The largest absolute Gasteiger partial charge is 0.354 e. The number of para-hydroxylation sites is 2. The van der Waals surface area contributed by atoms with E-state index in [0.29, 0.717) is 18.0 Å². The molecule has 0 unspecified atom stereocenters. The molecule has 0 aliphatic carbocycles. The Kier molecular flexibility index (Phi) is 5.98. The monoisotopic (exact) mass is 458 g/mol. The molecule has 1 N–H and O–H groups in total. The molecular weight excluding hydrogens is 432 g/mol. The van der Waals surface area contributed by atoms with E-state index in [-0.39, 0.29) is 11.5 Å². The van der Waals surface area contributed by atoms with Gasteiger partial charge in [-0.1, -0.05) is 43.3 Å². The number of pyridine rings is 1. The topological polar surface area (TPSA) is 57.6 Å². The predicted octanol–water partition coefficient (Wildman–Crippen LogP) is 4.57. The number of benzene rings is 2. The van der Waals surface area contributed by atoms with Crippen molar-refractivity contribution >= 4 is 38.8 Å². The van der Waals surface area contributed by atoms with Crippen LogP contribution in [0.5, 0.6) is 0 Å². The summed E-state index contributed by atoms with van der Waals surface area (Å²) in [7, 11) is 0. The van der Waals surface area contributed by atoms with E-state index in [0.717, 1.165) is 46.9 Å². The fourth-order valence-corrected chi connectivity index (χ4v) is 5.49. The minimum Gasteiger partial charge on any atom is -0.354 e. The summed E-state index contributed by atoms with van der Waals surface area (Å²) in [5.41, 5.74) is 2.33. The summed E-state index contributed by atoms with van der Waals surface area (Å²) < 4.78 is 1.70. The Bertz CT molecular complexity index is 1320. The molecule has 5 rings (SSSR count). The molecule has 0 radical (unpaired) electrons. The molecular formula is C26H26N4O2S. The first-order valence-corrected chi connectivity index (χ1v) is 12.0. The highest BCUT2D eigenvalue weighted by molar-refractivity contribution is 7.21. The smallest absolute Gasteiger partial charge is 0.266 e. The molecule has 1 fully saturated rings. The molecule has 1 aliphatic rings. The third kappa shape index (κ3) is 4.17. The molecule has 6 nitrogen and oxygen atoms in total. The zero-order valence-corrected chi connectivity index (χ0v) is 19.3. The second-order valence-electron chi connectivity index (χ2n) is 8.09. The van der Waals surface area contributed by atoms with Crippen LogP contribution in [0.4, 0.5) is 11.4 Å². The van der Waals surface area contributed by atoms with Crippen LogP contribution in [-0.4, -0.2) is 53.0 Å². The molecule has 0 saturated carbocycles. The van der Waals surface area contributed by atoms with Crippen LogP contribution in [0.1, 0.15) is 16.6 Å². The zero-order chi connectivity index (χ0) is 22.8. The van der Waals surface area contributed by atoms with Gasteiger partial charge >= 0.3 is 0 Å². The molecule has 33 heavy (non-hydrogen) atoms. The van der Waals surface area contributed by atoms with Gasteiger partial charge < -0.3 is 15.1 Å². The maximum atomic E-state index is 13.7. The highest BCUT2D eigenvalue weighted by atomic mass is 32.1. The number of carbonyl (C=O) groups excluding carboxylic acids is 1. The van der Waals surface area contributed by atoms with Crippen molar-refractivity contribution in [3.05, 3.63) is 88.0 Å². The highest BCUT2D eigenvalue weighted by Gasteiger charge is 2.27. The number of hydrogen-bond acceptors (Lipinski definition) is 5. The number of hydrogen-bond donors (Lipinski definition) is 1. The SMILES string of the molecule is CCN1CCN(C(=O)c2sc3c(ccc(=O)n3-c3ccccc3)c2Nc2ccccc2)CC1. The van der Waals surface area contributed by atoms with Gasteiger partial charge in [-0.3, -0.25) is 14.2 Å². The van der Waals surface area contributed by atoms with Crippen molar-refractivity contribution in [3.8, 4) is 5.69 Å². The molecule has 2 aromatic heterocycles. The van der Waals surface area contributed by atoms with Crippen molar-refractivity contribution in [1.29, 1.82) is 0 Å². The van der Waals surface area contributed by atoms with Crippen molar-refractivity contribution in [3.63, 3.8) is 0 Å².